The fourth-order valence-corrected chi connectivity index (χ4v) is 2.30. The quantitative estimate of drug-likeness (QED) is 0.870. The summed E-state index contributed by atoms with van der Waals surface area (Å²) in [7, 11) is 0. The molecule has 3 N–H and O–H groups in total. The zero-order valence-corrected chi connectivity index (χ0v) is 10.8. The SMILES string of the molecule is Cc1nc(Sc2ccc(CC(C)N)cc2)n[nH]1. The van der Waals surface area contributed by atoms with Gasteiger partial charge < -0.3 is 5.73 Å². The highest BCUT2D eigenvalue weighted by Gasteiger charge is 2.03. The number of nitrogens with two attached hydrogens (primary N) is 1. The van der Waals surface area contributed by atoms with E-state index in [2.05, 4.69) is 39.4 Å². The summed E-state index contributed by atoms with van der Waals surface area (Å²) < 4.78 is 0. The fraction of sp³-hybridized carbons (Fsp3) is 0.333. The van der Waals surface area contributed by atoms with Crippen molar-refractivity contribution in [2.24, 2.45) is 5.73 Å². The molecule has 0 saturated heterocycles. The van der Waals surface area contributed by atoms with E-state index in [1.165, 1.54) is 5.56 Å². The molecule has 2 rings (SSSR count). The van der Waals surface area contributed by atoms with Gasteiger partial charge in [-0.05, 0) is 49.7 Å². The Kier molecular flexibility index (Phi) is 3.81. The molecule has 17 heavy (non-hydrogen) atoms. The summed E-state index contributed by atoms with van der Waals surface area (Å²) in [5, 5.41) is 7.67. The summed E-state index contributed by atoms with van der Waals surface area (Å²) in [4.78, 5) is 5.39. The molecular formula is C12H16N4S. The first-order valence-electron chi connectivity index (χ1n) is 5.55. The zero-order chi connectivity index (χ0) is 12.3. The Balaban J connectivity index is 2.03. The second-order valence-corrected chi connectivity index (χ2v) is 5.17. The van der Waals surface area contributed by atoms with Crippen molar-refractivity contribution in [3.63, 3.8) is 0 Å². The molecule has 0 aliphatic rings. The minimum absolute atomic E-state index is 0.198. The minimum Gasteiger partial charge on any atom is -0.328 e. The predicted octanol–water partition coefficient (Wildman–Crippen LogP) is 2.15. The lowest BCUT2D eigenvalue weighted by molar-refractivity contribution is 0.737. The van der Waals surface area contributed by atoms with Crippen LogP contribution >= 0.6 is 11.8 Å². The van der Waals surface area contributed by atoms with Crippen LogP contribution in [-0.2, 0) is 6.42 Å². The van der Waals surface area contributed by atoms with E-state index in [1.54, 1.807) is 11.8 Å². The van der Waals surface area contributed by atoms with Crippen LogP contribution in [0.5, 0.6) is 0 Å². The van der Waals surface area contributed by atoms with Gasteiger partial charge in [-0.3, -0.25) is 5.10 Å². The summed E-state index contributed by atoms with van der Waals surface area (Å²) in [6.07, 6.45) is 0.907. The predicted molar refractivity (Wildman–Crippen MR) is 69.0 cm³/mol. The summed E-state index contributed by atoms with van der Waals surface area (Å²) >= 11 is 1.55. The van der Waals surface area contributed by atoms with Crippen molar-refractivity contribution in [1.82, 2.24) is 15.2 Å². The maximum absolute atomic E-state index is 5.76. The van der Waals surface area contributed by atoms with Gasteiger partial charge in [-0.25, -0.2) is 4.98 Å². The molecule has 5 heteroatoms. The molecule has 2 aromatic rings. The van der Waals surface area contributed by atoms with Gasteiger partial charge in [-0.2, -0.15) is 0 Å². The summed E-state index contributed by atoms with van der Waals surface area (Å²) in [6, 6.07) is 8.56. The smallest absolute Gasteiger partial charge is 0.213 e. The Bertz CT molecular complexity index is 476. The average Bonchev–Trinajstić information content (AvgIpc) is 2.66. The van der Waals surface area contributed by atoms with E-state index in [-0.39, 0.29) is 6.04 Å². The van der Waals surface area contributed by atoms with Crippen LogP contribution in [0.15, 0.2) is 34.3 Å². The molecule has 1 aromatic heterocycles. The van der Waals surface area contributed by atoms with Gasteiger partial charge in [0.1, 0.15) is 5.82 Å². The molecule has 0 aliphatic carbocycles. The monoisotopic (exact) mass is 248 g/mol. The van der Waals surface area contributed by atoms with E-state index in [1.807, 2.05) is 13.8 Å². The second-order valence-electron chi connectivity index (χ2n) is 4.13. The topological polar surface area (TPSA) is 67.6 Å². The Morgan fingerprint density at radius 3 is 2.59 bits per heavy atom. The lowest BCUT2D eigenvalue weighted by atomic mass is 10.1. The number of H-pyrrole nitrogens is 1. The molecule has 90 valence electrons. The maximum Gasteiger partial charge on any atom is 0.213 e. The van der Waals surface area contributed by atoms with Crippen molar-refractivity contribution >= 4 is 11.8 Å². The Morgan fingerprint density at radius 1 is 1.35 bits per heavy atom. The Labute approximate surface area is 105 Å². The van der Waals surface area contributed by atoms with Gasteiger partial charge in [0.2, 0.25) is 5.16 Å². The van der Waals surface area contributed by atoms with E-state index in [9.17, 15) is 0 Å². The van der Waals surface area contributed by atoms with E-state index in [4.69, 9.17) is 5.73 Å². The van der Waals surface area contributed by atoms with Crippen LogP contribution in [0.2, 0.25) is 0 Å². The number of hydrogen-bond donors (Lipinski definition) is 2. The van der Waals surface area contributed by atoms with Gasteiger partial charge in [0, 0.05) is 10.9 Å². The molecule has 0 bridgehead atoms. The number of rotatable bonds is 4. The van der Waals surface area contributed by atoms with E-state index in [0.29, 0.717) is 0 Å². The number of hydrogen-bond acceptors (Lipinski definition) is 4. The average molecular weight is 248 g/mol. The molecule has 1 heterocycles. The van der Waals surface area contributed by atoms with Crippen molar-refractivity contribution < 1.29 is 0 Å². The highest BCUT2D eigenvalue weighted by Crippen LogP contribution is 2.24. The highest BCUT2D eigenvalue weighted by atomic mass is 32.2. The third-order valence-corrected chi connectivity index (χ3v) is 3.14. The van der Waals surface area contributed by atoms with Crippen LogP contribution in [0.3, 0.4) is 0 Å². The zero-order valence-electron chi connectivity index (χ0n) is 9.97. The largest absolute Gasteiger partial charge is 0.328 e. The second kappa shape index (κ2) is 5.33. The van der Waals surface area contributed by atoms with E-state index >= 15 is 0 Å². The molecule has 0 spiro atoms. The van der Waals surface area contributed by atoms with E-state index < -0.39 is 0 Å². The highest BCUT2D eigenvalue weighted by molar-refractivity contribution is 7.99. The Hall–Kier alpha value is -1.33. The van der Waals surface area contributed by atoms with Crippen molar-refractivity contribution in [3.05, 3.63) is 35.7 Å². The number of aromatic amines is 1. The molecule has 0 aliphatic heterocycles. The molecule has 0 saturated carbocycles. The van der Waals surface area contributed by atoms with Crippen molar-refractivity contribution in [1.29, 1.82) is 0 Å². The lowest BCUT2D eigenvalue weighted by Crippen LogP contribution is -2.17. The number of nitrogens with zero attached hydrogens (tertiary/aromatic N) is 2. The first-order valence-corrected chi connectivity index (χ1v) is 6.36. The van der Waals surface area contributed by atoms with Crippen LogP contribution in [0, 0.1) is 6.92 Å². The van der Waals surface area contributed by atoms with Gasteiger partial charge in [-0.1, -0.05) is 12.1 Å². The first-order chi connectivity index (χ1) is 8.13. The fourth-order valence-electron chi connectivity index (χ4n) is 1.54. The first kappa shape index (κ1) is 12.1. The van der Waals surface area contributed by atoms with Crippen LogP contribution in [0.1, 0.15) is 18.3 Å². The molecule has 0 amide bonds. The molecule has 1 aromatic carbocycles. The number of nitrogens with one attached hydrogen (secondary N) is 1. The standard InChI is InChI=1S/C12H16N4S/c1-8(13)7-10-3-5-11(6-4-10)17-12-14-9(2)15-16-12/h3-6,8H,7,13H2,1-2H3,(H,14,15,16). The summed E-state index contributed by atoms with van der Waals surface area (Å²) in [5.74, 6) is 0.834. The Morgan fingerprint density at radius 2 is 2.06 bits per heavy atom. The van der Waals surface area contributed by atoms with Crippen LogP contribution in [-0.4, -0.2) is 21.2 Å². The van der Waals surface area contributed by atoms with Gasteiger partial charge in [-0.15, -0.1) is 5.10 Å². The van der Waals surface area contributed by atoms with Gasteiger partial charge in [0.25, 0.3) is 0 Å². The minimum atomic E-state index is 0.198. The third kappa shape index (κ3) is 3.57. The van der Waals surface area contributed by atoms with Crippen LogP contribution in [0.25, 0.3) is 0 Å². The molecule has 0 fully saturated rings. The summed E-state index contributed by atoms with van der Waals surface area (Å²) in [5.41, 5.74) is 7.02. The van der Waals surface area contributed by atoms with Gasteiger partial charge in [0.05, 0.1) is 0 Å². The normalized spacial score (nSPS) is 12.6. The van der Waals surface area contributed by atoms with Crippen LogP contribution in [0.4, 0.5) is 0 Å². The van der Waals surface area contributed by atoms with Crippen molar-refractivity contribution in [2.75, 3.05) is 0 Å². The van der Waals surface area contributed by atoms with Gasteiger partial charge >= 0.3 is 0 Å². The lowest BCUT2D eigenvalue weighted by Gasteiger charge is -2.05. The maximum atomic E-state index is 5.76. The van der Waals surface area contributed by atoms with Gasteiger partial charge in [0.15, 0.2) is 0 Å². The molecular weight excluding hydrogens is 232 g/mol. The molecule has 4 nitrogen and oxygen atoms in total. The number of aromatic nitrogens is 3. The molecule has 1 unspecified atom stereocenters. The molecule has 1 atom stereocenters. The number of benzene rings is 1. The van der Waals surface area contributed by atoms with E-state index in [0.717, 1.165) is 22.3 Å². The van der Waals surface area contributed by atoms with Crippen molar-refractivity contribution in [3.8, 4) is 0 Å². The van der Waals surface area contributed by atoms with Crippen molar-refractivity contribution in [2.45, 2.75) is 36.4 Å². The number of aryl methyl sites for hydroxylation is 1. The van der Waals surface area contributed by atoms with Crippen LogP contribution < -0.4 is 5.73 Å². The third-order valence-electron chi connectivity index (χ3n) is 2.27. The molecule has 0 radical (unpaired) electrons. The summed E-state index contributed by atoms with van der Waals surface area (Å²) in [6.45, 7) is 3.90.